The van der Waals surface area contributed by atoms with Gasteiger partial charge in [0.2, 0.25) is 15.9 Å². The molecule has 0 saturated heterocycles. The molecule has 0 saturated carbocycles. The summed E-state index contributed by atoms with van der Waals surface area (Å²) in [7, 11) is -3.88. The van der Waals surface area contributed by atoms with Crippen molar-refractivity contribution in [2.45, 2.75) is 44.2 Å². The minimum atomic E-state index is -4.83. The van der Waals surface area contributed by atoms with Crippen LogP contribution in [0.1, 0.15) is 50.0 Å². The van der Waals surface area contributed by atoms with Gasteiger partial charge in [-0.1, -0.05) is 19.0 Å². The molecule has 13 heteroatoms. The van der Waals surface area contributed by atoms with Gasteiger partial charge in [0, 0.05) is 16.9 Å². The number of nitrogens with two attached hydrogens (primary N) is 1. The van der Waals surface area contributed by atoms with Crippen LogP contribution in [0, 0.1) is 5.82 Å². The molecular formula is C19H20F4N4O4S. The zero-order chi connectivity index (χ0) is 23.7. The Balaban J connectivity index is 1.87. The standard InChI is InChI=1S/C19H20F4N4O4S/c1-18(2,14-10-30-16(25-14)11-3-5-13(20)6-4-11)9-12(7-8-32(24,28)29)15-26-17(31-27-15)19(21,22)23/h3-6,10,12H,7-9H2,1-2H3,(H2,24,28,29). The highest BCUT2D eigenvalue weighted by Gasteiger charge is 2.40. The molecule has 32 heavy (non-hydrogen) atoms. The molecule has 3 rings (SSSR count). The minimum absolute atomic E-state index is 0.120. The number of oxazole rings is 1. The fourth-order valence-electron chi connectivity index (χ4n) is 3.18. The summed E-state index contributed by atoms with van der Waals surface area (Å²) >= 11 is 0. The third-order valence-electron chi connectivity index (χ3n) is 4.85. The Morgan fingerprint density at radius 3 is 2.34 bits per heavy atom. The van der Waals surface area contributed by atoms with Gasteiger partial charge in [-0.15, -0.1) is 0 Å². The summed E-state index contributed by atoms with van der Waals surface area (Å²) in [4.78, 5) is 7.81. The van der Waals surface area contributed by atoms with Gasteiger partial charge in [-0.2, -0.15) is 18.2 Å². The zero-order valence-corrected chi connectivity index (χ0v) is 17.9. The Morgan fingerprint density at radius 1 is 1.12 bits per heavy atom. The van der Waals surface area contributed by atoms with E-state index < -0.39 is 45.0 Å². The van der Waals surface area contributed by atoms with Crippen LogP contribution in [0.5, 0.6) is 0 Å². The second-order valence-corrected chi connectivity index (χ2v) is 9.67. The average Bonchev–Trinajstić information content (AvgIpc) is 3.35. The second-order valence-electron chi connectivity index (χ2n) is 7.94. The Kier molecular flexibility index (Phi) is 6.43. The monoisotopic (exact) mass is 476 g/mol. The lowest BCUT2D eigenvalue weighted by Crippen LogP contribution is -2.25. The summed E-state index contributed by atoms with van der Waals surface area (Å²) in [5, 5.41) is 8.46. The maximum absolute atomic E-state index is 13.1. The van der Waals surface area contributed by atoms with Gasteiger partial charge in [-0.25, -0.2) is 22.9 Å². The number of sulfonamides is 1. The number of primary sulfonamides is 1. The summed E-state index contributed by atoms with van der Waals surface area (Å²) in [6.45, 7) is 3.52. The van der Waals surface area contributed by atoms with Crippen molar-refractivity contribution in [3.05, 3.63) is 53.8 Å². The first-order valence-corrected chi connectivity index (χ1v) is 11.1. The molecule has 0 aliphatic heterocycles. The van der Waals surface area contributed by atoms with Crippen molar-refractivity contribution in [3.8, 4) is 11.5 Å². The number of aromatic nitrogens is 3. The van der Waals surface area contributed by atoms with Gasteiger partial charge in [-0.3, -0.25) is 0 Å². The van der Waals surface area contributed by atoms with E-state index in [2.05, 4.69) is 19.6 Å². The van der Waals surface area contributed by atoms with E-state index in [1.807, 2.05) is 0 Å². The molecule has 1 atom stereocenters. The van der Waals surface area contributed by atoms with Crippen LogP contribution in [0.3, 0.4) is 0 Å². The Morgan fingerprint density at radius 2 is 1.78 bits per heavy atom. The minimum Gasteiger partial charge on any atom is -0.444 e. The number of halogens is 4. The number of hydrogen-bond donors (Lipinski definition) is 1. The Bertz CT molecular complexity index is 1170. The van der Waals surface area contributed by atoms with E-state index in [1.165, 1.54) is 30.5 Å². The largest absolute Gasteiger partial charge is 0.471 e. The van der Waals surface area contributed by atoms with Crippen molar-refractivity contribution in [2.75, 3.05) is 5.75 Å². The van der Waals surface area contributed by atoms with Gasteiger partial charge in [0.1, 0.15) is 12.1 Å². The number of rotatable bonds is 8. The smallest absolute Gasteiger partial charge is 0.444 e. The number of hydrogen-bond acceptors (Lipinski definition) is 7. The molecule has 0 fully saturated rings. The molecule has 1 aromatic carbocycles. The summed E-state index contributed by atoms with van der Waals surface area (Å²) in [6.07, 6.45) is -3.45. The van der Waals surface area contributed by atoms with Crippen LogP contribution < -0.4 is 5.14 Å². The van der Waals surface area contributed by atoms with E-state index in [4.69, 9.17) is 9.56 Å². The molecule has 0 aliphatic rings. The molecule has 1 unspecified atom stereocenters. The van der Waals surface area contributed by atoms with Crippen LogP contribution in [0.15, 0.2) is 39.5 Å². The van der Waals surface area contributed by atoms with Crippen LogP contribution in [0.2, 0.25) is 0 Å². The third kappa shape index (κ3) is 5.91. The highest BCUT2D eigenvalue weighted by molar-refractivity contribution is 7.89. The van der Waals surface area contributed by atoms with Crippen molar-refractivity contribution in [2.24, 2.45) is 5.14 Å². The number of nitrogens with zero attached hydrogens (tertiary/aromatic N) is 3. The van der Waals surface area contributed by atoms with Crippen molar-refractivity contribution < 1.29 is 34.9 Å². The normalized spacial score (nSPS) is 14.0. The summed E-state index contributed by atoms with van der Waals surface area (Å²) in [5.74, 6) is -3.30. The molecule has 8 nitrogen and oxygen atoms in total. The third-order valence-corrected chi connectivity index (χ3v) is 5.65. The molecule has 0 bridgehead atoms. The van der Waals surface area contributed by atoms with Crippen LogP contribution in [0.4, 0.5) is 17.6 Å². The molecule has 0 radical (unpaired) electrons. The fourth-order valence-corrected chi connectivity index (χ4v) is 3.79. The maximum Gasteiger partial charge on any atom is 0.471 e. The molecule has 3 aromatic rings. The van der Waals surface area contributed by atoms with E-state index in [1.54, 1.807) is 13.8 Å². The van der Waals surface area contributed by atoms with Crippen molar-refractivity contribution in [3.63, 3.8) is 0 Å². The topological polar surface area (TPSA) is 125 Å². The highest BCUT2D eigenvalue weighted by atomic mass is 32.2. The molecule has 2 heterocycles. The van der Waals surface area contributed by atoms with Gasteiger partial charge < -0.3 is 8.94 Å². The quantitative estimate of drug-likeness (QED) is 0.487. The number of alkyl halides is 3. The lowest BCUT2D eigenvalue weighted by Gasteiger charge is -2.26. The first kappa shape index (κ1) is 23.9. The molecule has 2 aromatic heterocycles. The highest BCUT2D eigenvalue weighted by Crippen LogP contribution is 2.37. The predicted octanol–water partition coefficient (Wildman–Crippen LogP) is 4.01. The van der Waals surface area contributed by atoms with Gasteiger partial charge in [0.15, 0.2) is 5.82 Å². The average molecular weight is 476 g/mol. The van der Waals surface area contributed by atoms with Gasteiger partial charge in [0.25, 0.3) is 0 Å². The molecule has 174 valence electrons. The van der Waals surface area contributed by atoms with Crippen LogP contribution >= 0.6 is 0 Å². The second kappa shape index (κ2) is 8.62. The van der Waals surface area contributed by atoms with Crippen LogP contribution in [0.25, 0.3) is 11.5 Å². The fraction of sp³-hybridized carbons (Fsp3) is 0.421. The SMILES string of the molecule is CC(C)(CC(CCS(N)(=O)=O)c1noc(C(F)(F)F)n1)c1coc(-c2ccc(F)cc2)n1. The lowest BCUT2D eigenvalue weighted by atomic mass is 9.79. The van der Waals surface area contributed by atoms with Crippen molar-refractivity contribution in [1.82, 2.24) is 15.1 Å². The van der Waals surface area contributed by atoms with Crippen molar-refractivity contribution in [1.29, 1.82) is 0 Å². The first-order valence-electron chi connectivity index (χ1n) is 9.38. The van der Waals surface area contributed by atoms with E-state index >= 15 is 0 Å². The zero-order valence-electron chi connectivity index (χ0n) is 17.1. The summed E-state index contributed by atoms with van der Waals surface area (Å²) in [5.41, 5.74) is 0.202. The van der Waals surface area contributed by atoms with Gasteiger partial charge >= 0.3 is 12.1 Å². The Hall–Kier alpha value is -2.80. The molecule has 0 aliphatic carbocycles. The molecule has 2 N–H and O–H groups in total. The van der Waals surface area contributed by atoms with Gasteiger partial charge in [0.05, 0.1) is 11.4 Å². The van der Waals surface area contributed by atoms with E-state index in [9.17, 15) is 26.0 Å². The van der Waals surface area contributed by atoms with Crippen LogP contribution in [-0.4, -0.2) is 29.3 Å². The maximum atomic E-state index is 13.1. The predicted molar refractivity (Wildman–Crippen MR) is 104 cm³/mol. The molecular weight excluding hydrogens is 456 g/mol. The first-order chi connectivity index (χ1) is 14.7. The van der Waals surface area contributed by atoms with E-state index in [0.29, 0.717) is 11.3 Å². The molecule has 0 amide bonds. The van der Waals surface area contributed by atoms with Gasteiger partial charge in [-0.05, 0) is 37.1 Å². The van der Waals surface area contributed by atoms with Crippen molar-refractivity contribution >= 4 is 10.0 Å². The summed E-state index contributed by atoms with van der Waals surface area (Å²) < 4.78 is 84.4. The van der Waals surface area contributed by atoms with Crippen LogP contribution in [-0.2, 0) is 21.6 Å². The van der Waals surface area contributed by atoms with E-state index in [0.717, 1.165) is 0 Å². The Labute approximate surface area is 180 Å². The molecule has 0 spiro atoms. The lowest BCUT2D eigenvalue weighted by molar-refractivity contribution is -0.159. The number of benzene rings is 1. The summed E-state index contributed by atoms with van der Waals surface area (Å²) in [6, 6.07) is 5.49. The van der Waals surface area contributed by atoms with E-state index in [-0.39, 0.29) is 24.6 Å².